The third-order valence-corrected chi connectivity index (χ3v) is 7.82. The zero-order valence-corrected chi connectivity index (χ0v) is 18.2. The number of carbonyl (C=O) groups excluding carboxylic acids is 3. The number of benzene rings is 2. The first-order valence-corrected chi connectivity index (χ1v) is 11.4. The Kier molecular flexibility index (Phi) is 4.22. The van der Waals surface area contributed by atoms with Crippen molar-refractivity contribution in [3.63, 3.8) is 0 Å². The highest BCUT2D eigenvalue weighted by atomic mass is 79.9. The highest BCUT2D eigenvalue weighted by Crippen LogP contribution is 2.65. The molecular formula is C25H20BrNO4. The molecule has 6 unspecified atom stereocenters. The standard InChI is InChI=1S/C25H20BrNO4/c26-14-3-1-13(2-4-14)21(28)12-31-16-7-5-15(6-8-16)27-24(29)22-17-9-10-18(20-11-19(17)20)23(22)25(27)30/h1-10,17-20,22-23H,11-12H2. The second kappa shape index (κ2) is 6.89. The molecule has 0 radical (unpaired) electrons. The summed E-state index contributed by atoms with van der Waals surface area (Å²) in [5.74, 6) is 1.47. The Morgan fingerprint density at radius 2 is 1.48 bits per heavy atom. The molecule has 1 heterocycles. The number of amides is 2. The van der Waals surface area contributed by atoms with E-state index in [4.69, 9.17) is 4.74 Å². The number of hydrogen-bond donors (Lipinski definition) is 0. The van der Waals surface area contributed by atoms with Crippen molar-refractivity contribution < 1.29 is 19.1 Å². The molecule has 6 atom stereocenters. The lowest BCUT2D eigenvalue weighted by Gasteiger charge is -2.37. The van der Waals surface area contributed by atoms with E-state index in [9.17, 15) is 14.4 Å². The topological polar surface area (TPSA) is 63.7 Å². The van der Waals surface area contributed by atoms with Gasteiger partial charge in [0.05, 0.1) is 17.5 Å². The first-order valence-electron chi connectivity index (χ1n) is 10.6. The Morgan fingerprint density at radius 3 is 2.06 bits per heavy atom. The lowest BCUT2D eigenvalue weighted by atomic mass is 9.63. The number of halogens is 1. The van der Waals surface area contributed by atoms with Crippen LogP contribution < -0.4 is 9.64 Å². The van der Waals surface area contributed by atoms with Crippen molar-refractivity contribution in [1.82, 2.24) is 0 Å². The van der Waals surface area contributed by atoms with Gasteiger partial charge in [0.25, 0.3) is 0 Å². The zero-order chi connectivity index (χ0) is 21.3. The van der Waals surface area contributed by atoms with Crippen molar-refractivity contribution in [3.8, 4) is 5.75 Å². The second-order valence-electron chi connectivity index (χ2n) is 8.88. The smallest absolute Gasteiger partial charge is 0.238 e. The third-order valence-electron chi connectivity index (χ3n) is 7.29. The summed E-state index contributed by atoms with van der Waals surface area (Å²) >= 11 is 3.35. The minimum atomic E-state index is -0.203. The molecule has 6 heteroatoms. The maximum Gasteiger partial charge on any atom is 0.238 e. The first-order chi connectivity index (χ1) is 15.0. The van der Waals surface area contributed by atoms with Gasteiger partial charge in [-0.2, -0.15) is 0 Å². The van der Waals surface area contributed by atoms with Crippen LogP contribution in [0.15, 0.2) is 65.2 Å². The molecule has 156 valence electrons. The fourth-order valence-corrected chi connectivity index (χ4v) is 6.04. The molecule has 31 heavy (non-hydrogen) atoms. The highest BCUT2D eigenvalue weighted by molar-refractivity contribution is 9.10. The summed E-state index contributed by atoms with van der Waals surface area (Å²) in [6.07, 6.45) is 5.50. The van der Waals surface area contributed by atoms with Gasteiger partial charge in [0.2, 0.25) is 11.8 Å². The Morgan fingerprint density at radius 1 is 0.903 bits per heavy atom. The first kappa shape index (κ1) is 19.0. The van der Waals surface area contributed by atoms with Crippen LogP contribution in [0.4, 0.5) is 5.69 Å². The summed E-state index contributed by atoms with van der Waals surface area (Å²) in [6, 6.07) is 14.0. The van der Waals surface area contributed by atoms with Gasteiger partial charge in [-0.05, 0) is 66.5 Å². The van der Waals surface area contributed by atoms with Gasteiger partial charge in [0.15, 0.2) is 12.4 Å². The number of carbonyl (C=O) groups is 3. The minimum absolute atomic E-state index is 0.0706. The summed E-state index contributed by atoms with van der Waals surface area (Å²) in [6.45, 7) is -0.0789. The fraction of sp³-hybridized carbons (Fsp3) is 0.320. The van der Waals surface area contributed by atoms with E-state index >= 15 is 0 Å². The van der Waals surface area contributed by atoms with Crippen molar-refractivity contribution in [3.05, 3.63) is 70.7 Å². The molecule has 1 aliphatic heterocycles. The van der Waals surface area contributed by atoms with Crippen molar-refractivity contribution >= 4 is 39.2 Å². The Bertz CT molecular complexity index is 1090. The van der Waals surface area contributed by atoms with Gasteiger partial charge in [-0.1, -0.05) is 40.2 Å². The number of nitrogens with zero attached hydrogens (tertiary/aromatic N) is 1. The van der Waals surface area contributed by atoms with Crippen LogP contribution in [0.5, 0.6) is 5.75 Å². The molecule has 4 aliphatic carbocycles. The normalized spacial score (nSPS) is 32.1. The maximum absolute atomic E-state index is 13.2. The molecule has 2 aromatic rings. The monoisotopic (exact) mass is 477 g/mol. The van der Waals surface area contributed by atoms with Crippen LogP contribution in [-0.4, -0.2) is 24.2 Å². The van der Waals surface area contributed by atoms with Crippen molar-refractivity contribution in [2.75, 3.05) is 11.5 Å². The Hall–Kier alpha value is -2.73. The SMILES string of the molecule is O=C(COc1ccc(N2C(=O)C3C4C=CC(C5CC45)C3C2=O)cc1)c1ccc(Br)cc1. The number of Topliss-reactive ketones (excluding diaryl/α,β-unsaturated/α-hetero) is 1. The Labute approximate surface area is 188 Å². The molecule has 5 aliphatic rings. The van der Waals surface area contributed by atoms with Gasteiger partial charge in [0.1, 0.15) is 5.75 Å². The van der Waals surface area contributed by atoms with Gasteiger partial charge in [0, 0.05) is 10.0 Å². The van der Waals surface area contributed by atoms with Crippen molar-refractivity contribution in [2.45, 2.75) is 6.42 Å². The fourth-order valence-electron chi connectivity index (χ4n) is 5.77. The van der Waals surface area contributed by atoms with Crippen LogP contribution in [0.3, 0.4) is 0 Å². The van der Waals surface area contributed by atoms with Gasteiger partial charge in [-0.25, -0.2) is 0 Å². The molecule has 1 saturated heterocycles. The molecule has 0 N–H and O–H groups in total. The lowest BCUT2D eigenvalue weighted by molar-refractivity contribution is -0.124. The predicted octanol–water partition coefficient (Wildman–Crippen LogP) is 4.27. The largest absolute Gasteiger partial charge is 0.485 e. The lowest BCUT2D eigenvalue weighted by Crippen LogP contribution is -2.40. The van der Waals surface area contributed by atoms with E-state index in [0.717, 1.165) is 10.9 Å². The highest BCUT2D eigenvalue weighted by Gasteiger charge is 2.67. The maximum atomic E-state index is 13.2. The van der Waals surface area contributed by atoms with Crippen LogP contribution in [0.1, 0.15) is 16.8 Å². The molecule has 3 fully saturated rings. The number of ether oxygens (including phenoxy) is 1. The summed E-state index contributed by atoms with van der Waals surface area (Å²) < 4.78 is 6.53. The molecule has 2 amide bonds. The van der Waals surface area contributed by atoms with E-state index in [0.29, 0.717) is 28.8 Å². The van der Waals surface area contributed by atoms with E-state index < -0.39 is 0 Å². The van der Waals surface area contributed by atoms with Crippen LogP contribution in [0.2, 0.25) is 0 Å². The number of imide groups is 1. The summed E-state index contributed by atoms with van der Waals surface area (Å²) in [4.78, 5) is 40.0. The Balaban J connectivity index is 1.16. The average molecular weight is 478 g/mol. The van der Waals surface area contributed by atoms with E-state index in [2.05, 4.69) is 28.1 Å². The van der Waals surface area contributed by atoms with Crippen LogP contribution in [0.25, 0.3) is 0 Å². The van der Waals surface area contributed by atoms with Crippen LogP contribution >= 0.6 is 15.9 Å². The van der Waals surface area contributed by atoms with E-state index in [1.807, 2.05) is 12.1 Å². The van der Waals surface area contributed by atoms with E-state index in [1.54, 1.807) is 36.4 Å². The van der Waals surface area contributed by atoms with E-state index in [1.165, 1.54) is 4.90 Å². The number of hydrogen-bond acceptors (Lipinski definition) is 4. The molecule has 5 nitrogen and oxygen atoms in total. The van der Waals surface area contributed by atoms with Crippen LogP contribution in [-0.2, 0) is 9.59 Å². The second-order valence-corrected chi connectivity index (χ2v) is 9.79. The quantitative estimate of drug-likeness (QED) is 0.366. The number of allylic oxidation sites excluding steroid dienone is 2. The summed E-state index contributed by atoms with van der Waals surface area (Å²) in [5, 5.41) is 0. The third kappa shape index (κ3) is 2.92. The number of anilines is 1. The van der Waals surface area contributed by atoms with Gasteiger partial charge in [-0.3, -0.25) is 19.3 Å². The predicted molar refractivity (Wildman–Crippen MR) is 118 cm³/mol. The van der Waals surface area contributed by atoms with Crippen molar-refractivity contribution in [2.24, 2.45) is 35.5 Å². The summed E-state index contributed by atoms with van der Waals surface area (Å²) in [7, 11) is 0. The molecule has 2 aromatic carbocycles. The molecule has 0 aromatic heterocycles. The number of ketones is 1. The van der Waals surface area contributed by atoms with Gasteiger partial charge in [-0.15, -0.1) is 0 Å². The molecule has 7 rings (SSSR count). The molecular weight excluding hydrogens is 458 g/mol. The van der Waals surface area contributed by atoms with Gasteiger partial charge >= 0.3 is 0 Å². The molecule has 2 saturated carbocycles. The van der Waals surface area contributed by atoms with Gasteiger partial charge < -0.3 is 4.74 Å². The minimum Gasteiger partial charge on any atom is -0.485 e. The zero-order valence-electron chi connectivity index (χ0n) is 16.6. The van der Waals surface area contributed by atoms with Crippen molar-refractivity contribution in [1.29, 1.82) is 0 Å². The average Bonchev–Trinajstić information content (AvgIpc) is 3.56. The molecule has 2 bridgehead atoms. The summed E-state index contributed by atoms with van der Waals surface area (Å²) in [5.41, 5.74) is 1.15. The molecule has 0 spiro atoms. The van der Waals surface area contributed by atoms with Crippen LogP contribution in [0, 0.1) is 35.5 Å². The number of rotatable bonds is 5. The van der Waals surface area contributed by atoms with E-state index in [-0.39, 0.29) is 47.9 Å².